The monoisotopic (exact) mass is 227 g/mol. The number of benzene rings is 1. The van der Waals surface area contributed by atoms with Gasteiger partial charge in [0, 0.05) is 6.07 Å². The maximum atomic E-state index is 13.3. The van der Waals surface area contributed by atoms with Crippen LogP contribution in [0.4, 0.5) is 15.8 Å². The predicted molar refractivity (Wildman–Crippen MR) is 55.3 cm³/mol. The molecule has 1 aromatic rings. The molecule has 0 aromatic heterocycles. The van der Waals surface area contributed by atoms with Crippen LogP contribution in [-0.4, -0.2) is 16.9 Å². The van der Waals surface area contributed by atoms with Gasteiger partial charge < -0.3 is 11.1 Å². The Balaban J connectivity index is 2.91. The number of hydrogen-bond donors (Lipinski definition) is 2. The number of nitro groups is 1. The Kier molecular flexibility index (Phi) is 3.39. The molecule has 0 aliphatic heterocycles. The van der Waals surface area contributed by atoms with Gasteiger partial charge >= 0.3 is 0 Å². The van der Waals surface area contributed by atoms with Crippen molar-refractivity contribution in [3.63, 3.8) is 0 Å². The normalized spacial score (nSPS) is 11.9. The molecule has 0 fully saturated rings. The van der Waals surface area contributed by atoms with Gasteiger partial charge in [-0.25, -0.2) is 4.39 Å². The Morgan fingerprint density at radius 1 is 1.62 bits per heavy atom. The second-order valence-electron chi connectivity index (χ2n) is 3.19. The number of nitrogens with zero attached hydrogens (tertiary/aromatic N) is 1. The molecule has 1 atom stereocenters. The van der Waals surface area contributed by atoms with Crippen LogP contribution in [0.1, 0.15) is 6.92 Å². The van der Waals surface area contributed by atoms with E-state index in [9.17, 15) is 19.3 Å². The fourth-order valence-electron chi connectivity index (χ4n) is 1.04. The summed E-state index contributed by atoms with van der Waals surface area (Å²) in [7, 11) is 0. The zero-order valence-electron chi connectivity index (χ0n) is 8.44. The Morgan fingerprint density at radius 2 is 2.25 bits per heavy atom. The zero-order valence-corrected chi connectivity index (χ0v) is 8.44. The molecule has 0 spiro atoms. The highest BCUT2D eigenvalue weighted by molar-refractivity contribution is 5.82. The van der Waals surface area contributed by atoms with Gasteiger partial charge in [-0.1, -0.05) is 0 Å². The van der Waals surface area contributed by atoms with Crippen LogP contribution in [0.15, 0.2) is 18.2 Å². The summed E-state index contributed by atoms with van der Waals surface area (Å²) >= 11 is 0. The van der Waals surface area contributed by atoms with Crippen LogP contribution in [0.5, 0.6) is 0 Å². The van der Waals surface area contributed by atoms with Crippen LogP contribution in [0.3, 0.4) is 0 Å². The fraction of sp³-hybridized carbons (Fsp3) is 0.222. The van der Waals surface area contributed by atoms with Crippen LogP contribution in [0, 0.1) is 15.9 Å². The van der Waals surface area contributed by atoms with Gasteiger partial charge in [0.1, 0.15) is 6.04 Å². The average Bonchev–Trinajstić information content (AvgIpc) is 2.20. The van der Waals surface area contributed by atoms with E-state index in [1.807, 2.05) is 0 Å². The number of carbonyl (C=O) groups excluding carboxylic acids is 1. The Bertz CT molecular complexity index is 436. The van der Waals surface area contributed by atoms with E-state index in [0.29, 0.717) is 0 Å². The summed E-state index contributed by atoms with van der Waals surface area (Å²) in [5.41, 5.74) is 4.62. The first-order valence-corrected chi connectivity index (χ1v) is 4.41. The van der Waals surface area contributed by atoms with Crippen molar-refractivity contribution in [2.45, 2.75) is 13.0 Å². The van der Waals surface area contributed by atoms with E-state index in [-0.39, 0.29) is 11.4 Å². The van der Waals surface area contributed by atoms with E-state index in [2.05, 4.69) is 5.32 Å². The summed E-state index contributed by atoms with van der Waals surface area (Å²) in [6.07, 6.45) is 0. The molecule has 0 heterocycles. The SMILES string of the molecule is CC(Nc1ccc([N+](=O)[O-])cc1F)C(N)=O. The second kappa shape index (κ2) is 4.56. The van der Waals surface area contributed by atoms with E-state index in [0.717, 1.165) is 12.1 Å². The van der Waals surface area contributed by atoms with Crippen LogP contribution in [-0.2, 0) is 4.79 Å². The molecule has 1 unspecified atom stereocenters. The lowest BCUT2D eigenvalue weighted by molar-refractivity contribution is -0.385. The van der Waals surface area contributed by atoms with Gasteiger partial charge in [-0.3, -0.25) is 14.9 Å². The molecule has 86 valence electrons. The molecular weight excluding hydrogens is 217 g/mol. The number of primary amides is 1. The molecule has 7 heteroatoms. The number of carbonyl (C=O) groups is 1. The molecule has 1 rings (SSSR count). The van der Waals surface area contributed by atoms with Crippen molar-refractivity contribution in [3.8, 4) is 0 Å². The third-order valence-electron chi connectivity index (χ3n) is 1.96. The van der Waals surface area contributed by atoms with Gasteiger partial charge in [-0.15, -0.1) is 0 Å². The zero-order chi connectivity index (χ0) is 12.3. The number of nitrogens with one attached hydrogen (secondary N) is 1. The number of non-ortho nitro benzene ring substituents is 1. The highest BCUT2D eigenvalue weighted by Crippen LogP contribution is 2.20. The van der Waals surface area contributed by atoms with Gasteiger partial charge in [0.25, 0.3) is 5.69 Å². The first-order chi connectivity index (χ1) is 7.41. The maximum absolute atomic E-state index is 13.3. The number of rotatable bonds is 4. The minimum absolute atomic E-state index is 0.00287. The number of halogens is 1. The molecule has 0 aliphatic carbocycles. The van der Waals surface area contributed by atoms with Crippen LogP contribution >= 0.6 is 0 Å². The van der Waals surface area contributed by atoms with Crippen LogP contribution < -0.4 is 11.1 Å². The standard InChI is InChI=1S/C9H10FN3O3/c1-5(9(11)14)12-8-3-2-6(13(15)16)4-7(8)10/h2-5,12H,1H3,(H2,11,14). The van der Waals surface area contributed by atoms with Crippen molar-refractivity contribution in [1.29, 1.82) is 0 Å². The van der Waals surface area contributed by atoms with E-state index >= 15 is 0 Å². The summed E-state index contributed by atoms with van der Waals surface area (Å²) < 4.78 is 13.3. The Morgan fingerprint density at radius 3 is 2.69 bits per heavy atom. The first kappa shape index (κ1) is 11.9. The van der Waals surface area contributed by atoms with E-state index in [4.69, 9.17) is 5.73 Å². The van der Waals surface area contributed by atoms with Gasteiger partial charge in [0.05, 0.1) is 16.7 Å². The minimum atomic E-state index is -0.803. The number of nitrogens with two attached hydrogens (primary N) is 1. The van der Waals surface area contributed by atoms with Crippen molar-refractivity contribution < 1.29 is 14.1 Å². The van der Waals surface area contributed by atoms with E-state index < -0.39 is 22.7 Å². The summed E-state index contributed by atoms with van der Waals surface area (Å²) in [5, 5.41) is 12.8. The number of hydrogen-bond acceptors (Lipinski definition) is 4. The van der Waals surface area contributed by atoms with Crippen molar-refractivity contribution >= 4 is 17.3 Å². The number of anilines is 1. The minimum Gasteiger partial charge on any atom is -0.372 e. The lowest BCUT2D eigenvalue weighted by Crippen LogP contribution is -2.32. The fourth-order valence-corrected chi connectivity index (χ4v) is 1.04. The summed E-state index contributed by atoms with van der Waals surface area (Å²) in [6, 6.07) is 2.35. The lowest BCUT2D eigenvalue weighted by Gasteiger charge is -2.11. The molecule has 3 N–H and O–H groups in total. The summed E-state index contributed by atoms with van der Waals surface area (Å²) in [6.45, 7) is 1.46. The van der Waals surface area contributed by atoms with Gasteiger partial charge in [-0.05, 0) is 13.0 Å². The second-order valence-corrected chi connectivity index (χ2v) is 3.19. The highest BCUT2D eigenvalue weighted by Gasteiger charge is 2.14. The van der Waals surface area contributed by atoms with Crippen molar-refractivity contribution in [1.82, 2.24) is 0 Å². The maximum Gasteiger partial charge on any atom is 0.272 e. The molecule has 6 nitrogen and oxygen atoms in total. The topological polar surface area (TPSA) is 98.3 Å². The predicted octanol–water partition coefficient (Wildman–Crippen LogP) is 1.02. The molecule has 0 saturated heterocycles. The highest BCUT2D eigenvalue weighted by atomic mass is 19.1. The summed E-state index contributed by atoms with van der Waals surface area (Å²) in [4.78, 5) is 20.4. The summed E-state index contributed by atoms with van der Waals surface area (Å²) in [5.74, 6) is -1.44. The van der Waals surface area contributed by atoms with Gasteiger partial charge in [0.2, 0.25) is 5.91 Å². The van der Waals surface area contributed by atoms with Crippen LogP contribution in [0.25, 0.3) is 0 Å². The number of amides is 1. The van der Waals surface area contributed by atoms with Gasteiger partial charge in [-0.2, -0.15) is 0 Å². The Hall–Kier alpha value is -2.18. The smallest absolute Gasteiger partial charge is 0.272 e. The third-order valence-corrected chi connectivity index (χ3v) is 1.96. The Labute approximate surface area is 90.4 Å². The largest absolute Gasteiger partial charge is 0.372 e. The van der Waals surface area contributed by atoms with Crippen molar-refractivity contribution in [3.05, 3.63) is 34.1 Å². The molecule has 1 amide bonds. The molecule has 0 bridgehead atoms. The molecule has 1 aromatic carbocycles. The van der Waals surface area contributed by atoms with Crippen molar-refractivity contribution in [2.24, 2.45) is 5.73 Å². The van der Waals surface area contributed by atoms with E-state index in [1.54, 1.807) is 0 Å². The lowest BCUT2D eigenvalue weighted by atomic mass is 10.2. The van der Waals surface area contributed by atoms with Gasteiger partial charge in [0.15, 0.2) is 5.82 Å². The third kappa shape index (κ3) is 2.66. The number of nitro benzene ring substituents is 1. The van der Waals surface area contributed by atoms with E-state index in [1.165, 1.54) is 13.0 Å². The molecular formula is C9H10FN3O3. The molecule has 0 radical (unpaired) electrons. The van der Waals surface area contributed by atoms with Crippen LogP contribution in [0.2, 0.25) is 0 Å². The molecule has 0 saturated carbocycles. The molecule has 16 heavy (non-hydrogen) atoms. The average molecular weight is 227 g/mol. The quantitative estimate of drug-likeness (QED) is 0.592. The first-order valence-electron chi connectivity index (χ1n) is 4.41. The van der Waals surface area contributed by atoms with Crippen molar-refractivity contribution in [2.75, 3.05) is 5.32 Å². The molecule has 0 aliphatic rings.